The average Bonchev–Trinajstić information content (AvgIpc) is 2.88. The van der Waals surface area contributed by atoms with Crippen molar-refractivity contribution in [1.29, 1.82) is 0 Å². The van der Waals surface area contributed by atoms with E-state index in [-0.39, 0.29) is 5.97 Å². The van der Waals surface area contributed by atoms with Crippen LogP contribution in [0.3, 0.4) is 0 Å². The van der Waals surface area contributed by atoms with Gasteiger partial charge < -0.3 is 4.74 Å². The Hall–Kier alpha value is -1.37. The molecular formula is C13H11NO2S3. The van der Waals surface area contributed by atoms with E-state index in [1.165, 1.54) is 22.7 Å². The summed E-state index contributed by atoms with van der Waals surface area (Å²) in [5.74, 6) is -0.309. The molecule has 3 nitrogen and oxygen atoms in total. The van der Waals surface area contributed by atoms with E-state index >= 15 is 0 Å². The fourth-order valence-corrected chi connectivity index (χ4v) is 3.52. The topological polar surface area (TPSA) is 38.7 Å². The van der Waals surface area contributed by atoms with Gasteiger partial charge in [0.15, 0.2) is 3.98 Å². The molecule has 0 aliphatic rings. The molecule has 6 heteroatoms. The standard InChI is InChI=1S/C13H11NO2S3/c1-2-16-12(15)10-8-18-13(19-10)14-11(17)9-6-4-3-5-7-9/h3-8H,2H2,1H3. The van der Waals surface area contributed by atoms with Crippen molar-refractivity contribution >= 4 is 45.8 Å². The Bertz CT molecular complexity index is 643. The highest BCUT2D eigenvalue weighted by molar-refractivity contribution is 7.80. The van der Waals surface area contributed by atoms with Crippen LogP contribution < -0.4 is 3.98 Å². The number of hydrogen-bond acceptors (Lipinski definition) is 5. The molecule has 98 valence electrons. The summed E-state index contributed by atoms with van der Waals surface area (Å²) in [6, 6.07) is 9.59. The Balaban J connectivity index is 2.21. The van der Waals surface area contributed by atoms with Gasteiger partial charge in [0, 0.05) is 10.9 Å². The molecule has 1 aromatic heterocycles. The molecule has 0 radical (unpaired) electrons. The number of esters is 1. The van der Waals surface area contributed by atoms with Gasteiger partial charge in [-0.05, 0) is 6.92 Å². The number of carbonyl (C=O) groups excluding carboxylic acids is 1. The molecule has 0 amide bonds. The number of nitrogens with zero attached hydrogens (tertiary/aromatic N) is 1. The highest BCUT2D eigenvalue weighted by atomic mass is 32.2. The highest BCUT2D eigenvalue weighted by Crippen LogP contribution is 2.10. The molecule has 0 aliphatic heterocycles. The van der Waals surface area contributed by atoms with Crippen molar-refractivity contribution in [3.63, 3.8) is 0 Å². The lowest BCUT2D eigenvalue weighted by Gasteiger charge is -1.96. The van der Waals surface area contributed by atoms with Crippen LogP contribution in [0, 0.1) is 0 Å². The first kappa shape index (κ1) is 14.0. The molecule has 0 bridgehead atoms. The zero-order chi connectivity index (χ0) is 13.7. The molecule has 0 unspecified atom stereocenters. The van der Waals surface area contributed by atoms with Gasteiger partial charge in [-0.1, -0.05) is 53.9 Å². The number of carbonyl (C=O) groups is 1. The van der Waals surface area contributed by atoms with Gasteiger partial charge in [-0.3, -0.25) is 0 Å². The third kappa shape index (κ3) is 3.79. The predicted octanol–water partition coefficient (Wildman–Crippen LogP) is 3.26. The third-order valence-electron chi connectivity index (χ3n) is 2.15. The van der Waals surface area contributed by atoms with Crippen molar-refractivity contribution in [2.24, 2.45) is 4.99 Å². The van der Waals surface area contributed by atoms with Crippen LogP contribution in [0.1, 0.15) is 22.2 Å². The third-order valence-corrected chi connectivity index (χ3v) is 4.59. The van der Waals surface area contributed by atoms with Gasteiger partial charge in [0.1, 0.15) is 9.87 Å². The van der Waals surface area contributed by atoms with Crippen molar-refractivity contribution in [2.45, 2.75) is 6.92 Å². The van der Waals surface area contributed by atoms with Crippen LogP contribution >= 0.6 is 34.9 Å². The molecule has 19 heavy (non-hydrogen) atoms. The molecule has 0 saturated heterocycles. The molecular weight excluding hydrogens is 298 g/mol. The van der Waals surface area contributed by atoms with Gasteiger partial charge >= 0.3 is 5.97 Å². The van der Waals surface area contributed by atoms with Crippen LogP contribution in [0.2, 0.25) is 0 Å². The van der Waals surface area contributed by atoms with E-state index in [4.69, 9.17) is 17.0 Å². The first-order chi connectivity index (χ1) is 9.20. The largest absolute Gasteiger partial charge is 0.462 e. The van der Waals surface area contributed by atoms with E-state index in [0.29, 0.717) is 16.5 Å². The second kappa shape index (κ2) is 6.70. The van der Waals surface area contributed by atoms with Gasteiger partial charge in [-0.2, -0.15) is 0 Å². The minimum absolute atomic E-state index is 0.309. The predicted molar refractivity (Wildman–Crippen MR) is 81.9 cm³/mol. The summed E-state index contributed by atoms with van der Waals surface area (Å²) in [5, 5.41) is 1.75. The molecule has 1 heterocycles. The molecule has 0 atom stereocenters. The zero-order valence-corrected chi connectivity index (χ0v) is 12.6. The molecule has 2 aromatic rings. The molecule has 1 aromatic carbocycles. The van der Waals surface area contributed by atoms with Gasteiger partial charge in [0.2, 0.25) is 0 Å². The minimum Gasteiger partial charge on any atom is -0.462 e. The van der Waals surface area contributed by atoms with E-state index in [0.717, 1.165) is 9.55 Å². The van der Waals surface area contributed by atoms with Crippen LogP contribution in [0.25, 0.3) is 0 Å². The van der Waals surface area contributed by atoms with Gasteiger partial charge in [0.05, 0.1) is 6.61 Å². The molecule has 2 rings (SSSR count). The lowest BCUT2D eigenvalue weighted by molar-refractivity contribution is 0.0532. The summed E-state index contributed by atoms with van der Waals surface area (Å²) in [6.07, 6.45) is 0. The first-order valence-corrected chi connectivity index (χ1v) is 7.71. The van der Waals surface area contributed by atoms with Crippen LogP contribution in [0.5, 0.6) is 0 Å². The van der Waals surface area contributed by atoms with Crippen molar-refractivity contribution in [2.75, 3.05) is 6.61 Å². The van der Waals surface area contributed by atoms with Crippen LogP contribution in [0.15, 0.2) is 40.7 Å². The maximum Gasteiger partial charge on any atom is 0.349 e. The van der Waals surface area contributed by atoms with Crippen molar-refractivity contribution in [1.82, 2.24) is 0 Å². The van der Waals surface area contributed by atoms with E-state index in [9.17, 15) is 4.79 Å². The van der Waals surface area contributed by atoms with E-state index in [1.807, 2.05) is 30.3 Å². The summed E-state index contributed by atoms with van der Waals surface area (Å²) in [7, 11) is 0. The minimum atomic E-state index is -0.309. The normalized spacial score (nSPS) is 11.3. The maximum atomic E-state index is 11.5. The van der Waals surface area contributed by atoms with Crippen molar-refractivity contribution in [3.8, 4) is 0 Å². The summed E-state index contributed by atoms with van der Waals surface area (Å²) < 4.78 is 5.68. The number of benzene rings is 1. The van der Waals surface area contributed by atoms with Gasteiger partial charge in [-0.25, -0.2) is 9.79 Å². The Morgan fingerprint density at radius 2 is 2.11 bits per heavy atom. The lowest BCUT2D eigenvalue weighted by Crippen LogP contribution is -2.02. The van der Waals surface area contributed by atoms with E-state index in [1.54, 1.807) is 12.3 Å². The lowest BCUT2D eigenvalue weighted by atomic mass is 10.2. The Kier molecular flexibility index (Phi) is 4.95. The summed E-state index contributed by atoms with van der Waals surface area (Å²) in [5.41, 5.74) is 0.899. The quantitative estimate of drug-likeness (QED) is 0.645. The second-order valence-corrected chi connectivity index (χ2v) is 6.01. The summed E-state index contributed by atoms with van der Waals surface area (Å²) >= 11 is 7.94. The number of ether oxygens (including phenoxy) is 1. The SMILES string of the molecule is CCOC(=O)c1csc(=NC(=S)c2ccccc2)s1. The van der Waals surface area contributed by atoms with Crippen LogP contribution in [-0.2, 0) is 4.74 Å². The monoisotopic (exact) mass is 309 g/mol. The highest BCUT2D eigenvalue weighted by Gasteiger charge is 2.09. The fraction of sp³-hybridized carbons (Fsp3) is 0.154. The number of thiocarbonyl (C=S) groups is 1. The summed E-state index contributed by atoms with van der Waals surface area (Å²) in [4.78, 5) is 17.0. The van der Waals surface area contributed by atoms with Crippen molar-refractivity contribution in [3.05, 3.63) is 50.1 Å². The molecule has 0 N–H and O–H groups in total. The first-order valence-electron chi connectivity index (χ1n) is 5.60. The van der Waals surface area contributed by atoms with Crippen molar-refractivity contribution < 1.29 is 9.53 Å². The Morgan fingerprint density at radius 3 is 2.79 bits per heavy atom. The van der Waals surface area contributed by atoms with Crippen LogP contribution in [-0.4, -0.2) is 17.6 Å². The molecule has 0 aliphatic carbocycles. The maximum absolute atomic E-state index is 11.5. The Morgan fingerprint density at radius 1 is 1.37 bits per heavy atom. The molecule has 0 spiro atoms. The fourth-order valence-electron chi connectivity index (χ4n) is 1.32. The number of hydrogen-bond donors (Lipinski definition) is 0. The average molecular weight is 309 g/mol. The second-order valence-electron chi connectivity index (χ2n) is 3.47. The Labute approximate surface area is 124 Å². The van der Waals surface area contributed by atoms with Gasteiger partial charge in [0.25, 0.3) is 0 Å². The smallest absolute Gasteiger partial charge is 0.349 e. The summed E-state index contributed by atoms with van der Waals surface area (Å²) in [6.45, 7) is 2.15. The number of rotatable bonds is 3. The van der Waals surface area contributed by atoms with E-state index in [2.05, 4.69) is 4.99 Å². The van der Waals surface area contributed by atoms with E-state index < -0.39 is 0 Å². The zero-order valence-electron chi connectivity index (χ0n) is 10.2. The molecule has 0 saturated carbocycles. The van der Waals surface area contributed by atoms with Crippen LogP contribution in [0.4, 0.5) is 0 Å². The molecule has 0 fully saturated rings. The van der Waals surface area contributed by atoms with Gasteiger partial charge in [-0.15, -0.1) is 11.3 Å².